The largest absolute Gasteiger partial charge is 0.508 e. The number of unbranched alkanes of at least 4 members (excludes halogenated alkanes) is 1. The summed E-state index contributed by atoms with van der Waals surface area (Å²) >= 11 is 0. The van der Waals surface area contributed by atoms with Crippen LogP contribution in [0.4, 0.5) is 10.5 Å². The zero-order chi connectivity index (χ0) is 14.8. The molecule has 4 N–H and O–H groups in total. The zero-order valence-corrected chi connectivity index (χ0v) is 11.7. The Kier molecular flexibility index (Phi) is 7.27. The number of benzene rings is 1. The van der Waals surface area contributed by atoms with E-state index in [0.29, 0.717) is 18.8 Å². The van der Waals surface area contributed by atoms with E-state index in [0.717, 1.165) is 25.9 Å². The number of hydrogen-bond donors (Lipinski definition) is 4. The second-order valence-corrected chi connectivity index (χ2v) is 4.44. The first-order chi connectivity index (χ1) is 9.61. The second kappa shape index (κ2) is 9.03. The van der Waals surface area contributed by atoms with Gasteiger partial charge in [-0.05, 0) is 12.8 Å². The van der Waals surface area contributed by atoms with Crippen molar-refractivity contribution in [1.82, 2.24) is 5.32 Å². The summed E-state index contributed by atoms with van der Waals surface area (Å²) in [5.74, 6) is -0.214. The smallest absolute Gasteiger partial charge is 0.319 e. The highest BCUT2D eigenvalue weighted by atomic mass is 16.5. The van der Waals surface area contributed by atoms with Crippen molar-refractivity contribution in [2.75, 3.05) is 25.1 Å². The zero-order valence-electron chi connectivity index (χ0n) is 11.7. The average Bonchev–Trinajstić information content (AvgIpc) is 2.36. The van der Waals surface area contributed by atoms with E-state index in [9.17, 15) is 15.0 Å². The van der Waals surface area contributed by atoms with E-state index in [1.165, 1.54) is 18.2 Å². The van der Waals surface area contributed by atoms with Crippen molar-refractivity contribution in [3.05, 3.63) is 18.2 Å². The monoisotopic (exact) mass is 282 g/mol. The number of carbonyl (C=O) groups excluding carboxylic acids is 1. The standard InChI is InChI=1S/C14H22N2O4/c1-2-3-6-20-7-4-5-15-14(19)16-11-8-12(17)10-13(18)9-11/h8-10,17-18H,2-7H2,1H3,(H2,15,16,19). The Morgan fingerprint density at radius 1 is 1.15 bits per heavy atom. The summed E-state index contributed by atoms with van der Waals surface area (Å²) in [4.78, 5) is 11.5. The number of anilines is 1. The van der Waals surface area contributed by atoms with E-state index in [1.807, 2.05) is 0 Å². The van der Waals surface area contributed by atoms with Gasteiger partial charge in [0.2, 0.25) is 0 Å². The summed E-state index contributed by atoms with van der Waals surface area (Å²) in [5, 5.41) is 23.7. The first-order valence-electron chi connectivity index (χ1n) is 6.77. The lowest BCUT2D eigenvalue weighted by Crippen LogP contribution is -2.30. The van der Waals surface area contributed by atoms with Crippen molar-refractivity contribution in [2.24, 2.45) is 0 Å². The number of amides is 2. The van der Waals surface area contributed by atoms with Crippen LogP contribution in [0.1, 0.15) is 26.2 Å². The molecule has 0 aromatic heterocycles. The van der Waals surface area contributed by atoms with Crippen LogP contribution in [0.15, 0.2) is 18.2 Å². The van der Waals surface area contributed by atoms with Crippen molar-refractivity contribution in [3.8, 4) is 11.5 Å². The molecule has 0 fully saturated rings. The first kappa shape index (κ1) is 16.1. The third-order valence-corrected chi connectivity index (χ3v) is 2.55. The van der Waals surface area contributed by atoms with E-state index < -0.39 is 0 Å². The molecule has 0 unspecified atom stereocenters. The SMILES string of the molecule is CCCCOCCCNC(=O)Nc1cc(O)cc(O)c1. The van der Waals surface area contributed by atoms with Gasteiger partial charge in [-0.3, -0.25) is 0 Å². The molecule has 1 rings (SSSR count). The van der Waals surface area contributed by atoms with Crippen molar-refractivity contribution >= 4 is 11.7 Å². The number of aromatic hydroxyl groups is 2. The lowest BCUT2D eigenvalue weighted by atomic mass is 10.3. The molecule has 0 radical (unpaired) electrons. The molecule has 112 valence electrons. The molecule has 0 saturated heterocycles. The van der Waals surface area contributed by atoms with E-state index in [1.54, 1.807) is 0 Å². The third-order valence-electron chi connectivity index (χ3n) is 2.55. The Labute approximate surface area is 118 Å². The number of carbonyl (C=O) groups is 1. The molecule has 0 aliphatic heterocycles. The summed E-state index contributed by atoms with van der Waals surface area (Å²) in [6.07, 6.45) is 2.90. The van der Waals surface area contributed by atoms with Gasteiger partial charge >= 0.3 is 6.03 Å². The number of hydrogen-bond acceptors (Lipinski definition) is 4. The molecule has 0 heterocycles. The van der Waals surface area contributed by atoms with E-state index in [2.05, 4.69) is 17.6 Å². The van der Waals surface area contributed by atoms with Crippen LogP contribution in [0.5, 0.6) is 11.5 Å². The van der Waals surface area contributed by atoms with Crippen LogP contribution in [0.2, 0.25) is 0 Å². The predicted octanol–water partition coefficient (Wildman–Crippen LogP) is 2.43. The van der Waals surface area contributed by atoms with Gasteiger partial charge in [-0.2, -0.15) is 0 Å². The second-order valence-electron chi connectivity index (χ2n) is 4.44. The summed E-state index contributed by atoms with van der Waals surface area (Å²) in [7, 11) is 0. The Morgan fingerprint density at radius 2 is 1.80 bits per heavy atom. The number of urea groups is 1. The van der Waals surface area contributed by atoms with Gasteiger partial charge in [-0.15, -0.1) is 0 Å². The van der Waals surface area contributed by atoms with Gasteiger partial charge in [0, 0.05) is 43.6 Å². The Morgan fingerprint density at radius 3 is 2.45 bits per heavy atom. The number of phenolic OH excluding ortho intramolecular Hbond substituents is 2. The normalized spacial score (nSPS) is 10.2. The fourth-order valence-electron chi connectivity index (χ4n) is 1.57. The summed E-state index contributed by atoms with van der Waals surface area (Å²) in [6, 6.07) is 3.51. The summed E-state index contributed by atoms with van der Waals surface area (Å²) in [5.41, 5.74) is 0.333. The van der Waals surface area contributed by atoms with Crippen LogP contribution in [0, 0.1) is 0 Å². The van der Waals surface area contributed by atoms with E-state index in [-0.39, 0.29) is 17.5 Å². The van der Waals surface area contributed by atoms with Crippen LogP contribution in [0.25, 0.3) is 0 Å². The highest BCUT2D eigenvalue weighted by molar-refractivity contribution is 5.89. The van der Waals surface area contributed by atoms with Crippen molar-refractivity contribution < 1.29 is 19.7 Å². The Balaban J connectivity index is 2.17. The molecule has 0 atom stereocenters. The van der Waals surface area contributed by atoms with E-state index in [4.69, 9.17) is 4.74 Å². The lowest BCUT2D eigenvalue weighted by molar-refractivity contribution is 0.129. The van der Waals surface area contributed by atoms with Gasteiger partial charge in [0.1, 0.15) is 11.5 Å². The molecule has 2 amide bonds. The van der Waals surface area contributed by atoms with Gasteiger partial charge in [0.15, 0.2) is 0 Å². The topological polar surface area (TPSA) is 90.8 Å². The molecule has 1 aromatic carbocycles. The van der Waals surface area contributed by atoms with E-state index >= 15 is 0 Å². The van der Waals surface area contributed by atoms with Crippen molar-refractivity contribution in [3.63, 3.8) is 0 Å². The van der Waals surface area contributed by atoms with Crippen LogP contribution in [-0.4, -0.2) is 36.0 Å². The van der Waals surface area contributed by atoms with Crippen molar-refractivity contribution in [2.45, 2.75) is 26.2 Å². The van der Waals surface area contributed by atoms with Gasteiger partial charge in [-0.1, -0.05) is 13.3 Å². The number of nitrogens with one attached hydrogen (secondary N) is 2. The maximum absolute atomic E-state index is 11.5. The first-order valence-corrected chi connectivity index (χ1v) is 6.77. The minimum absolute atomic E-state index is 0.107. The van der Waals surface area contributed by atoms with Crippen LogP contribution in [0.3, 0.4) is 0 Å². The molecule has 1 aromatic rings. The number of ether oxygens (including phenoxy) is 1. The van der Waals surface area contributed by atoms with Gasteiger partial charge < -0.3 is 25.6 Å². The maximum atomic E-state index is 11.5. The number of phenols is 2. The Bertz CT molecular complexity index is 403. The molecule has 6 nitrogen and oxygen atoms in total. The van der Waals surface area contributed by atoms with Crippen molar-refractivity contribution in [1.29, 1.82) is 0 Å². The van der Waals surface area contributed by atoms with Gasteiger partial charge in [0.05, 0.1) is 0 Å². The lowest BCUT2D eigenvalue weighted by Gasteiger charge is -2.08. The van der Waals surface area contributed by atoms with Crippen LogP contribution >= 0.6 is 0 Å². The molecule has 6 heteroatoms. The van der Waals surface area contributed by atoms with Crippen LogP contribution < -0.4 is 10.6 Å². The molecular weight excluding hydrogens is 260 g/mol. The quantitative estimate of drug-likeness (QED) is 0.551. The minimum atomic E-state index is -0.386. The highest BCUT2D eigenvalue weighted by Crippen LogP contribution is 2.23. The highest BCUT2D eigenvalue weighted by Gasteiger charge is 2.03. The van der Waals surface area contributed by atoms with Gasteiger partial charge in [-0.25, -0.2) is 4.79 Å². The molecule has 20 heavy (non-hydrogen) atoms. The van der Waals surface area contributed by atoms with Gasteiger partial charge in [0.25, 0.3) is 0 Å². The molecule has 0 saturated carbocycles. The fraction of sp³-hybridized carbons (Fsp3) is 0.500. The molecule has 0 aliphatic carbocycles. The number of rotatable bonds is 8. The van der Waals surface area contributed by atoms with Crippen LogP contribution in [-0.2, 0) is 4.74 Å². The molecule has 0 bridgehead atoms. The average molecular weight is 282 g/mol. The minimum Gasteiger partial charge on any atom is -0.508 e. The molecule has 0 aliphatic rings. The Hall–Kier alpha value is -1.95. The molecular formula is C14H22N2O4. The third kappa shape index (κ3) is 6.84. The molecule has 0 spiro atoms. The summed E-state index contributed by atoms with van der Waals surface area (Å²) in [6.45, 7) is 3.98. The maximum Gasteiger partial charge on any atom is 0.319 e. The summed E-state index contributed by atoms with van der Waals surface area (Å²) < 4.78 is 5.37. The fourth-order valence-corrected chi connectivity index (χ4v) is 1.57. The predicted molar refractivity (Wildman–Crippen MR) is 77.1 cm³/mol.